The molecule has 0 amide bonds. The molecule has 2 rings (SSSR count). The average molecular weight is 234 g/mol. The van der Waals surface area contributed by atoms with E-state index in [0.29, 0.717) is 0 Å². The maximum atomic E-state index is 11.4. The highest BCUT2D eigenvalue weighted by Gasteiger charge is 2.35. The monoisotopic (exact) mass is 234 g/mol. The largest absolute Gasteiger partial charge is 0.481 e. The van der Waals surface area contributed by atoms with Gasteiger partial charge in [-0.15, -0.1) is 0 Å². The smallest absolute Gasteiger partial charge is 0.313 e. The maximum absolute atomic E-state index is 11.4. The van der Waals surface area contributed by atoms with Gasteiger partial charge in [-0.25, -0.2) is 0 Å². The summed E-state index contributed by atoms with van der Waals surface area (Å²) in [6.07, 6.45) is 3.54. The number of carbonyl (C=O) groups is 1. The topological polar surface area (TPSA) is 57.5 Å². The zero-order valence-electron chi connectivity index (χ0n) is 10.1. The van der Waals surface area contributed by atoms with Crippen molar-refractivity contribution in [1.29, 1.82) is 0 Å². The second-order valence-corrected chi connectivity index (χ2v) is 4.95. The van der Waals surface area contributed by atoms with Crippen LogP contribution in [0, 0.1) is 0 Å². The Morgan fingerprint density at radius 1 is 1.35 bits per heavy atom. The molecule has 1 aromatic carbocycles. The lowest BCUT2D eigenvalue weighted by atomic mass is 9.79. The minimum atomic E-state index is -0.980. The molecule has 0 spiro atoms. The molecule has 0 saturated heterocycles. The fraction of sp³-hybridized carbons (Fsp3) is 0.500. The normalized spacial score (nSPS) is 17.5. The second-order valence-electron chi connectivity index (χ2n) is 4.95. The molecule has 3 nitrogen and oxygen atoms in total. The zero-order valence-corrected chi connectivity index (χ0v) is 10.1. The van der Waals surface area contributed by atoms with Gasteiger partial charge in [-0.1, -0.05) is 18.2 Å². The van der Waals surface area contributed by atoms with E-state index >= 15 is 0 Å². The first kappa shape index (κ1) is 12.1. The Morgan fingerprint density at radius 2 is 2.06 bits per heavy atom. The van der Waals surface area contributed by atoms with Gasteiger partial charge in [0.1, 0.15) is 0 Å². The number of carboxylic acids is 1. The first-order chi connectivity index (χ1) is 8.08. The molecular weight excluding hydrogens is 216 g/mol. The molecule has 0 heterocycles. The summed E-state index contributed by atoms with van der Waals surface area (Å²) in [4.78, 5) is 11.4. The second kappa shape index (κ2) is 4.49. The van der Waals surface area contributed by atoms with Crippen LogP contribution in [0.1, 0.15) is 36.5 Å². The molecule has 92 valence electrons. The maximum Gasteiger partial charge on any atom is 0.313 e. The van der Waals surface area contributed by atoms with E-state index in [1.807, 2.05) is 18.2 Å². The number of rotatable bonds is 4. The average Bonchev–Trinajstić information content (AvgIpc) is 2.75. The molecule has 1 aliphatic rings. The van der Waals surface area contributed by atoms with Crippen LogP contribution in [0.5, 0.6) is 0 Å². The Hall–Kier alpha value is -1.35. The van der Waals surface area contributed by atoms with E-state index in [2.05, 4.69) is 0 Å². The Kier molecular flexibility index (Phi) is 3.20. The third-order valence-corrected chi connectivity index (χ3v) is 3.82. The highest BCUT2D eigenvalue weighted by Crippen LogP contribution is 2.32. The summed E-state index contributed by atoms with van der Waals surface area (Å²) in [5, 5.41) is 18.4. The van der Waals surface area contributed by atoms with Gasteiger partial charge in [-0.05, 0) is 49.3 Å². The Morgan fingerprint density at radius 3 is 2.71 bits per heavy atom. The van der Waals surface area contributed by atoms with Crippen LogP contribution < -0.4 is 0 Å². The molecule has 0 aromatic heterocycles. The zero-order chi connectivity index (χ0) is 12.5. The number of aryl methyl sites for hydroxylation is 2. The van der Waals surface area contributed by atoms with Crippen LogP contribution in [0.25, 0.3) is 0 Å². The molecule has 17 heavy (non-hydrogen) atoms. The minimum Gasteiger partial charge on any atom is -0.481 e. The van der Waals surface area contributed by atoms with Crippen molar-refractivity contribution in [2.24, 2.45) is 0 Å². The highest BCUT2D eigenvalue weighted by molar-refractivity contribution is 5.81. The van der Waals surface area contributed by atoms with Gasteiger partial charge in [0, 0.05) is 6.61 Å². The van der Waals surface area contributed by atoms with Crippen LogP contribution in [-0.4, -0.2) is 22.8 Å². The Balaban J connectivity index is 2.40. The standard InChI is InChI=1S/C14H18O3/c1-14(7-8-15,13(16)17)12-6-5-10-3-2-4-11(10)9-12/h5-6,9,15H,2-4,7-8H2,1H3,(H,16,17). The summed E-state index contributed by atoms with van der Waals surface area (Å²) in [5.74, 6) is -0.871. The van der Waals surface area contributed by atoms with Crippen molar-refractivity contribution in [3.63, 3.8) is 0 Å². The van der Waals surface area contributed by atoms with E-state index in [1.165, 1.54) is 11.1 Å². The van der Waals surface area contributed by atoms with Crippen molar-refractivity contribution >= 4 is 5.97 Å². The molecular formula is C14H18O3. The third kappa shape index (κ3) is 2.07. The quantitative estimate of drug-likeness (QED) is 0.836. The van der Waals surface area contributed by atoms with E-state index in [1.54, 1.807) is 6.92 Å². The number of benzene rings is 1. The van der Waals surface area contributed by atoms with E-state index in [4.69, 9.17) is 5.11 Å². The lowest BCUT2D eigenvalue weighted by Crippen LogP contribution is -2.33. The fourth-order valence-corrected chi connectivity index (χ4v) is 2.51. The summed E-state index contributed by atoms with van der Waals surface area (Å²) >= 11 is 0. The number of hydrogen-bond acceptors (Lipinski definition) is 2. The SMILES string of the molecule is CC(CCO)(C(=O)O)c1ccc2c(c1)CCC2. The number of aliphatic hydroxyl groups is 1. The van der Waals surface area contributed by atoms with Gasteiger partial charge in [-0.3, -0.25) is 4.79 Å². The molecule has 0 saturated carbocycles. The van der Waals surface area contributed by atoms with Crippen molar-refractivity contribution < 1.29 is 15.0 Å². The number of fused-ring (bicyclic) bond motifs is 1. The molecule has 1 aliphatic carbocycles. The van der Waals surface area contributed by atoms with Crippen LogP contribution in [0.4, 0.5) is 0 Å². The molecule has 0 aliphatic heterocycles. The van der Waals surface area contributed by atoms with Crippen molar-refractivity contribution in [3.8, 4) is 0 Å². The highest BCUT2D eigenvalue weighted by atomic mass is 16.4. The third-order valence-electron chi connectivity index (χ3n) is 3.82. The number of aliphatic hydroxyl groups excluding tert-OH is 1. The molecule has 2 N–H and O–H groups in total. The molecule has 1 unspecified atom stereocenters. The van der Waals surface area contributed by atoms with Crippen molar-refractivity contribution in [2.75, 3.05) is 6.61 Å². The van der Waals surface area contributed by atoms with Gasteiger partial charge in [0.25, 0.3) is 0 Å². The first-order valence-electron chi connectivity index (χ1n) is 6.04. The lowest BCUT2D eigenvalue weighted by Gasteiger charge is -2.25. The summed E-state index contributed by atoms with van der Waals surface area (Å²) in [7, 11) is 0. The van der Waals surface area contributed by atoms with Crippen LogP contribution in [0.15, 0.2) is 18.2 Å². The summed E-state index contributed by atoms with van der Waals surface area (Å²) < 4.78 is 0. The fourth-order valence-electron chi connectivity index (χ4n) is 2.51. The Bertz CT molecular complexity index is 439. The van der Waals surface area contributed by atoms with Gasteiger partial charge < -0.3 is 10.2 Å². The van der Waals surface area contributed by atoms with Gasteiger partial charge >= 0.3 is 5.97 Å². The molecule has 0 radical (unpaired) electrons. The predicted octanol–water partition coefficient (Wildman–Crippen LogP) is 1.90. The van der Waals surface area contributed by atoms with Crippen LogP contribution >= 0.6 is 0 Å². The van der Waals surface area contributed by atoms with Gasteiger partial charge in [0.15, 0.2) is 0 Å². The van der Waals surface area contributed by atoms with Crippen LogP contribution in [0.2, 0.25) is 0 Å². The number of hydrogen-bond donors (Lipinski definition) is 2. The number of carboxylic acid groups (broad SMARTS) is 1. The molecule has 1 atom stereocenters. The Labute approximate surface area is 101 Å². The van der Waals surface area contributed by atoms with Crippen molar-refractivity contribution in [2.45, 2.75) is 38.0 Å². The van der Waals surface area contributed by atoms with Gasteiger partial charge in [-0.2, -0.15) is 0 Å². The summed E-state index contributed by atoms with van der Waals surface area (Å²) in [6.45, 7) is 1.57. The van der Waals surface area contributed by atoms with E-state index in [9.17, 15) is 9.90 Å². The van der Waals surface area contributed by atoms with Crippen molar-refractivity contribution in [3.05, 3.63) is 34.9 Å². The van der Waals surface area contributed by atoms with Crippen LogP contribution in [-0.2, 0) is 23.1 Å². The lowest BCUT2D eigenvalue weighted by molar-refractivity contribution is -0.143. The van der Waals surface area contributed by atoms with E-state index in [-0.39, 0.29) is 13.0 Å². The summed E-state index contributed by atoms with van der Waals surface area (Å²) in [6, 6.07) is 5.94. The van der Waals surface area contributed by atoms with Gasteiger partial charge in [0.05, 0.1) is 5.41 Å². The number of aliphatic carboxylic acids is 1. The van der Waals surface area contributed by atoms with Crippen LogP contribution in [0.3, 0.4) is 0 Å². The molecule has 1 aromatic rings. The van der Waals surface area contributed by atoms with Crippen molar-refractivity contribution in [1.82, 2.24) is 0 Å². The van der Waals surface area contributed by atoms with Gasteiger partial charge in [0.2, 0.25) is 0 Å². The summed E-state index contributed by atoms with van der Waals surface area (Å²) in [5.41, 5.74) is 2.44. The van der Waals surface area contributed by atoms with E-state index in [0.717, 1.165) is 24.8 Å². The van der Waals surface area contributed by atoms with E-state index < -0.39 is 11.4 Å². The molecule has 0 bridgehead atoms. The molecule has 0 fully saturated rings. The first-order valence-corrected chi connectivity index (χ1v) is 6.04. The molecule has 3 heteroatoms. The predicted molar refractivity (Wildman–Crippen MR) is 65.2 cm³/mol. The minimum absolute atomic E-state index is 0.111.